The number of rotatable bonds is 4. The second kappa shape index (κ2) is 7.03. The van der Waals surface area contributed by atoms with Crippen LogP contribution in [-0.2, 0) is 4.74 Å². The van der Waals surface area contributed by atoms with E-state index in [2.05, 4.69) is 13.8 Å². The highest BCUT2D eigenvalue weighted by atomic mass is 19.1. The Balaban J connectivity index is 1.90. The molecule has 1 N–H and O–H groups in total. The van der Waals surface area contributed by atoms with Crippen molar-refractivity contribution < 1.29 is 18.8 Å². The normalized spacial score (nSPS) is 27.1. The van der Waals surface area contributed by atoms with Crippen molar-refractivity contribution in [2.75, 3.05) is 6.54 Å². The Hall–Kier alpha value is -1.42. The molecular formula is C17H25FNO2+. The molecule has 0 spiro atoms. The zero-order valence-corrected chi connectivity index (χ0v) is 13.1. The van der Waals surface area contributed by atoms with E-state index < -0.39 is 0 Å². The van der Waals surface area contributed by atoms with Gasteiger partial charge in [-0.1, -0.05) is 0 Å². The van der Waals surface area contributed by atoms with Crippen molar-refractivity contribution in [1.82, 2.24) is 0 Å². The van der Waals surface area contributed by atoms with Gasteiger partial charge in [-0.3, -0.25) is 0 Å². The molecule has 1 aromatic rings. The molecule has 1 aliphatic heterocycles. The van der Waals surface area contributed by atoms with E-state index in [4.69, 9.17) is 4.74 Å². The SMILES string of the molecule is CC(C[NH+]1C(C)CCCC1C)OC(=O)c1ccc(F)cc1. The standard InChI is InChI=1S/C17H24FNO2/c1-12-5-4-6-13(2)19(12)11-14(3)21-17(20)15-7-9-16(18)10-8-15/h7-10,12-14H,4-6,11H2,1-3H3/p+1. The molecule has 116 valence electrons. The molecule has 0 aliphatic carbocycles. The van der Waals surface area contributed by atoms with E-state index >= 15 is 0 Å². The highest BCUT2D eigenvalue weighted by Crippen LogP contribution is 2.09. The van der Waals surface area contributed by atoms with Gasteiger partial charge in [0, 0.05) is 0 Å². The molecule has 3 unspecified atom stereocenters. The Bertz CT molecular complexity index is 464. The van der Waals surface area contributed by atoms with Gasteiger partial charge >= 0.3 is 5.97 Å². The van der Waals surface area contributed by atoms with Crippen molar-refractivity contribution >= 4 is 5.97 Å². The van der Waals surface area contributed by atoms with Gasteiger partial charge in [-0.05, 0) is 64.3 Å². The monoisotopic (exact) mass is 294 g/mol. The van der Waals surface area contributed by atoms with Crippen LogP contribution in [0.5, 0.6) is 0 Å². The number of likely N-dealkylation sites (tertiary alicyclic amines) is 1. The van der Waals surface area contributed by atoms with Crippen LogP contribution in [0.2, 0.25) is 0 Å². The second-order valence-electron chi connectivity index (χ2n) is 6.23. The lowest BCUT2D eigenvalue weighted by Crippen LogP contribution is -3.20. The van der Waals surface area contributed by atoms with Crippen LogP contribution in [-0.4, -0.2) is 30.7 Å². The molecule has 3 nitrogen and oxygen atoms in total. The fraction of sp³-hybridized carbons (Fsp3) is 0.588. The van der Waals surface area contributed by atoms with Crippen LogP contribution in [0, 0.1) is 5.82 Å². The lowest BCUT2D eigenvalue weighted by Gasteiger charge is -2.37. The summed E-state index contributed by atoms with van der Waals surface area (Å²) in [5.74, 6) is -0.723. The quantitative estimate of drug-likeness (QED) is 0.863. The molecule has 4 heteroatoms. The molecule has 1 aromatic carbocycles. The Morgan fingerprint density at radius 1 is 1.29 bits per heavy atom. The van der Waals surface area contributed by atoms with Crippen molar-refractivity contribution in [3.8, 4) is 0 Å². The summed E-state index contributed by atoms with van der Waals surface area (Å²) >= 11 is 0. The topological polar surface area (TPSA) is 30.7 Å². The van der Waals surface area contributed by atoms with Crippen LogP contribution in [0.25, 0.3) is 0 Å². The third-order valence-electron chi connectivity index (χ3n) is 4.45. The van der Waals surface area contributed by atoms with Crippen molar-refractivity contribution in [1.29, 1.82) is 0 Å². The summed E-state index contributed by atoms with van der Waals surface area (Å²) < 4.78 is 18.3. The first-order valence-corrected chi connectivity index (χ1v) is 7.79. The maximum Gasteiger partial charge on any atom is 0.338 e. The summed E-state index contributed by atoms with van der Waals surface area (Å²) in [7, 11) is 0. The molecule has 0 radical (unpaired) electrons. The Labute approximate surface area is 126 Å². The molecule has 0 saturated carbocycles. The fourth-order valence-corrected chi connectivity index (χ4v) is 3.20. The van der Waals surface area contributed by atoms with Crippen LogP contribution in [0.4, 0.5) is 4.39 Å². The van der Waals surface area contributed by atoms with E-state index in [9.17, 15) is 9.18 Å². The minimum atomic E-state index is -0.376. The minimum Gasteiger partial charge on any atom is -0.453 e. The zero-order chi connectivity index (χ0) is 15.4. The van der Waals surface area contributed by atoms with Crippen LogP contribution in [0.1, 0.15) is 50.4 Å². The van der Waals surface area contributed by atoms with E-state index in [1.807, 2.05) is 6.92 Å². The van der Waals surface area contributed by atoms with Crippen molar-refractivity contribution in [3.05, 3.63) is 35.6 Å². The van der Waals surface area contributed by atoms with E-state index in [0.29, 0.717) is 17.6 Å². The molecular weight excluding hydrogens is 269 g/mol. The number of piperidine rings is 1. The summed E-state index contributed by atoms with van der Waals surface area (Å²) in [6, 6.07) is 6.71. The Morgan fingerprint density at radius 2 is 1.86 bits per heavy atom. The van der Waals surface area contributed by atoms with Gasteiger partial charge in [0.1, 0.15) is 18.5 Å². The Morgan fingerprint density at radius 3 is 2.43 bits per heavy atom. The number of halogens is 1. The molecule has 3 atom stereocenters. The molecule has 1 saturated heterocycles. The highest BCUT2D eigenvalue weighted by molar-refractivity contribution is 5.89. The number of nitrogens with one attached hydrogen (secondary N) is 1. The number of benzene rings is 1. The zero-order valence-electron chi connectivity index (χ0n) is 13.1. The number of esters is 1. The van der Waals surface area contributed by atoms with Crippen LogP contribution >= 0.6 is 0 Å². The first kappa shape index (κ1) is 16.0. The van der Waals surface area contributed by atoms with Crippen LogP contribution in [0.3, 0.4) is 0 Å². The second-order valence-corrected chi connectivity index (χ2v) is 6.23. The summed E-state index contributed by atoms with van der Waals surface area (Å²) in [6.45, 7) is 7.29. The summed E-state index contributed by atoms with van der Waals surface area (Å²) in [4.78, 5) is 13.5. The first-order valence-electron chi connectivity index (χ1n) is 7.79. The van der Waals surface area contributed by atoms with Crippen LogP contribution < -0.4 is 4.90 Å². The lowest BCUT2D eigenvalue weighted by atomic mass is 9.97. The first-order chi connectivity index (χ1) is 9.97. The van der Waals surface area contributed by atoms with Gasteiger partial charge in [-0.15, -0.1) is 0 Å². The predicted molar refractivity (Wildman–Crippen MR) is 79.9 cm³/mol. The number of quaternary nitrogens is 1. The van der Waals surface area contributed by atoms with Gasteiger partial charge in [0.05, 0.1) is 17.6 Å². The van der Waals surface area contributed by atoms with Crippen molar-refractivity contribution in [3.63, 3.8) is 0 Å². The number of hydrogen-bond donors (Lipinski definition) is 1. The predicted octanol–water partition coefficient (Wildman–Crippen LogP) is 2.22. The maximum atomic E-state index is 12.9. The van der Waals surface area contributed by atoms with E-state index in [1.165, 1.54) is 48.4 Å². The van der Waals surface area contributed by atoms with Crippen molar-refractivity contribution in [2.45, 2.75) is 58.2 Å². The lowest BCUT2D eigenvalue weighted by molar-refractivity contribution is -0.953. The van der Waals surface area contributed by atoms with Gasteiger partial charge < -0.3 is 9.64 Å². The molecule has 0 bridgehead atoms. The third kappa shape index (κ3) is 4.27. The minimum absolute atomic E-state index is 0.138. The average molecular weight is 294 g/mol. The van der Waals surface area contributed by atoms with E-state index in [-0.39, 0.29) is 17.9 Å². The molecule has 21 heavy (non-hydrogen) atoms. The van der Waals surface area contributed by atoms with Crippen molar-refractivity contribution in [2.24, 2.45) is 0 Å². The molecule has 0 aromatic heterocycles. The molecule has 1 heterocycles. The van der Waals surface area contributed by atoms with Gasteiger partial charge in [0.2, 0.25) is 0 Å². The molecule has 0 amide bonds. The number of hydrogen-bond acceptors (Lipinski definition) is 2. The summed E-state index contributed by atoms with van der Waals surface area (Å²) in [5.41, 5.74) is 0.401. The summed E-state index contributed by atoms with van der Waals surface area (Å²) in [6.07, 6.45) is 3.62. The Kier molecular flexibility index (Phi) is 5.34. The smallest absolute Gasteiger partial charge is 0.338 e. The molecule has 1 fully saturated rings. The van der Waals surface area contributed by atoms with Gasteiger partial charge in [-0.25, -0.2) is 9.18 Å². The van der Waals surface area contributed by atoms with E-state index in [1.54, 1.807) is 0 Å². The third-order valence-corrected chi connectivity index (χ3v) is 4.45. The molecule has 2 rings (SSSR count). The number of carbonyl (C=O) groups excluding carboxylic acids is 1. The average Bonchev–Trinajstić information content (AvgIpc) is 2.43. The maximum absolute atomic E-state index is 12.9. The van der Waals surface area contributed by atoms with E-state index in [0.717, 1.165) is 6.54 Å². The largest absolute Gasteiger partial charge is 0.453 e. The van der Waals surface area contributed by atoms with Gasteiger partial charge in [0.25, 0.3) is 0 Å². The summed E-state index contributed by atoms with van der Waals surface area (Å²) in [5, 5.41) is 0. The number of carbonyl (C=O) groups is 1. The van der Waals surface area contributed by atoms with Crippen LogP contribution in [0.15, 0.2) is 24.3 Å². The highest BCUT2D eigenvalue weighted by Gasteiger charge is 2.30. The molecule has 1 aliphatic rings. The van der Waals surface area contributed by atoms with Gasteiger partial charge in [0.15, 0.2) is 0 Å². The fourth-order valence-electron chi connectivity index (χ4n) is 3.20. The van der Waals surface area contributed by atoms with Gasteiger partial charge in [-0.2, -0.15) is 0 Å². The number of ether oxygens (including phenoxy) is 1.